The SMILES string of the molecule is C=N/C(=C\N1CN(CCCCC)C(c2cccc(CC)c2)=CC1=O)c1ccc(Cl)cc1. The van der Waals surface area contributed by atoms with Crippen LogP contribution in [0.3, 0.4) is 0 Å². The van der Waals surface area contributed by atoms with E-state index < -0.39 is 0 Å². The molecular weight excluding hydrogens is 406 g/mol. The Bertz CT molecular complexity index is 978. The third kappa shape index (κ3) is 5.86. The average Bonchev–Trinajstić information content (AvgIpc) is 2.79. The van der Waals surface area contributed by atoms with Crippen molar-refractivity contribution in [3.05, 3.63) is 82.5 Å². The highest BCUT2D eigenvalue weighted by Gasteiger charge is 2.25. The van der Waals surface area contributed by atoms with Crippen molar-refractivity contribution < 1.29 is 4.79 Å². The molecule has 1 aliphatic heterocycles. The van der Waals surface area contributed by atoms with Crippen LogP contribution in [0.25, 0.3) is 11.4 Å². The minimum Gasteiger partial charge on any atom is -0.353 e. The number of carbonyl (C=O) groups is 1. The summed E-state index contributed by atoms with van der Waals surface area (Å²) in [5, 5.41) is 0.658. The van der Waals surface area contributed by atoms with Gasteiger partial charge in [0.25, 0.3) is 5.91 Å². The quantitative estimate of drug-likeness (QED) is 0.345. The fourth-order valence-corrected chi connectivity index (χ4v) is 3.79. The van der Waals surface area contributed by atoms with E-state index in [-0.39, 0.29) is 5.91 Å². The summed E-state index contributed by atoms with van der Waals surface area (Å²) in [6.07, 6.45) is 7.88. The number of hydrogen-bond acceptors (Lipinski definition) is 3. The topological polar surface area (TPSA) is 35.9 Å². The average molecular weight is 436 g/mol. The van der Waals surface area contributed by atoms with E-state index >= 15 is 0 Å². The van der Waals surface area contributed by atoms with Crippen LogP contribution in [0.2, 0.25) is 5.02 Å². The number of rotatable bonds is 9. The number of aliphatic imine (C=N–C) groups is 1. The van der Waals surface area contributed by atoms with E-state index in [0.717, 1.165) is 49.1 Å². The van der Waals surface area contributed by atoms with Crippen LogP contribution in [0, 0.1) is 0 Å². The number of nitrogens with zero attached hydrogens (tertiary/aromatic N) is 3. The second-order valence-corrected chi connectivity index (χ2v) is 8.12. The molecule has 1 amide bonds. The van der Waals surface area contributed by atoms with Gasteiger partial charge < -0.3 is 4.90 Å². The molecule has 0 fully saturated rings. The second-order valence-electron chi connectivity index (χ2n) is 7.68. The molecule has 0 saturated carbocycles. The first-order chi connectivity index (χ1) is 15.0. The molecule has 0 saturated heterocycles. The summed E-state index contributed by atoms with van der Waals surface area (Å²) < 4.78 is 0. The normalized spacial score (nSPS) is 14.6. The number of unbranched alkanes of at least 4 members (excludes halogenated alkanes) is 2. The van der Waals surface area contributed by atoms with Crippen LogP contribution in [0.4, 0.5) is 0 Å². The van der Waals surface area contributed by atoms with E-state index in [1.54, 1.807) is 17.2 Å². The maximum atomic E-state index is 13.0. The van der Waals surface area contributed by atoms with Crippen LogP contribution in [-0.2, 0) is 11.2 Å². The molecule has 0 N–H and O–H groups in total. The Morgan fingerprint density at radius 2 is 1.94 bits per heavy atom. The highest BCUT2D eigenvalue weighted by Crippen LogP contribution is 2.27. The Labute approximate surface area is 190 Å². The van der Waals surface area contributed by atoms with Crippen LogP contribution in [-0.4, -0.2) is 35.6 Å². The Morgan fingerprint density at radius 3 is 2.61 bits per heavy atom. The Hall–Kier alpha value is -2.85. The summed E-state index contributed by atoms with van der Waals surface area (Å²) in [6, 6.07) is 15.8. The standard InChI is InChI=1S/C26H30ClN3O/c1-4-6-7-15-29-19-30(18-24(28-3)21-11-13-23(27)14-12-21)26(31)17-25(29)22-10-8-9-20(5-2)16-22/h8-14,16-18H,3-7,15,19H2,1-2H3/b24-18-. The summed E-state index contributed by atoms with van der Waals surface area (Å²) in [6.45, 7) is 9.41. The molecule has 0 unspecified atom stereocenters. The van der Waals surface area contributed by atoms with Gasteiger partial charge in [-0.15, -0.1) is 0 Å². The maximum Gasteiger partial charge on any atom is 0.254 e. The number of hydrogen-bond donors (Lipinski definition) is 0. The lowest BCUT2D eigenvalue weighted by molar-refractivity contribution is -0.125. The molecule has 2 aromatic rings. The minimum atomic E-state index is -0.0567. The van der Waals surface area contributed by atoms with E-state index in [2.05, 4.69) is 54.7 Å². The fourth-order valence-electron chi connectivity index (χ4n) is 3.66. The monoisotopic (exact) mass is 435 g/mol. The van der Waals surface area contributed by atoms with E-state index in [1.807, 2.05) is 24.3 Å². The molecule has 2 aromatic carbocycles. The molecule has 0 atom stereocenters. The Kier molecular flexibility index (Phi) is 8.07. The molecule has 31 heavy (non-hydrogen) atoms. The highest BCUT2D eigenvalue weighted by atomic mass is 35.5. The summed E-state index contributed by atoms with van der Waals surface area (Å²) in [7, 11) is 0. The van der Waals surface area contributed by atoms with Crippen molar-refractivity contribution in [1.29, 1.82) is 0 Å². The van der Waals surface area contributed by atoms with Crippen LogP contribution in [0.1, 0.15) is 49.8 Å². The Morgan fingerprint density at radius 1 is 1.16 bits per heavy atom. The van der Waals surface area contributed by atoms with Crippen molar-refractivity contribution in [2.45, 2.75) is 39.5 Å². The molecule has 3 rings (SSSR count). The van der Waals surface area contributed by atoms with Gasteiger partial charge in [0.15, 0.2) is 0 Å². The third-order valence-corrected chi connectivity index (χ3v) is 5.71. The number of amides is 1. The zero-order valence-corrected chi connectivity index (χ0v) is 19.1. The summed E-state index contributed by atoms with van der Waals surface area (Å²) in [4.78, 5) is 21.2. The van der Waals surface area contributed by atoms with Crippen molar-refractivity contribution in [1.82, 2.24) is 9.80 Å². The zero-order valence-electron chi connectivity index (χ0n) is 18.4. The fraction of sp³-hybridized carbons (Fsp3) is 0.308. The van der Waals surface area contributed by atoms with Gasteiger partial charge in [0.05, 0.1) is 18.1 Å². The highest BCUT2D eigenvalue weighted by molar-refractivity contribution is 6.30. The van der Waals surface area contributed by atoms with E-state index in [1.165, 1.54) is 5.56 Å². The van der Waals surface area contributed by atoms with Gasteiger partial charge in [-0.05, 0) is 48.9 Å². The lowest BCUT2D eigenvalue weighted by Crippen LogP contribution is -2.42. The molecule has 4 nitrogen and oxygen atoms in total. The first-order valence-corrected chi connectivity index (χ1v) is 11.2. The van der Waals surface area contributed by atoms with Crippen molar-refractivity contribution in [3.8, 4) is 0 Å². The summed E-state index contributed by atoms with van der Waals surface area (Å²) in [5.74, 6) is -0.0567. The van der Waals surface area contributed by atoms with Gasteiger partial charge in [-0.1, -0.05) is 68.6 Å². The molecule has 0 aliphatic carbocycles. The van der Waals surface area contributed by atoms with Crippen LogP contribution in [0.5, 0.6) is 0 Å². The van der Waals surface area contributed by atoms with Gasteiger partial charge in [0, 0.05) is 29.4 Å². The lowest BCUT2D eigenvalue weighted by atomic mass is 10.0. The van der Waals surface area contributed by atoms with Crippen molar-refractivity contribution >= 4 is 35.6 Å². The lowest BCUT2D eigenvalue weighted by Gasteiger charge is -2.36. The van der Waals surface area contributed by atoms with Gasteiger partial charge in [0.1, 0.15) is 0 Å². The van der Waals surface area contributed by atoms with Gasteiger partial charge in [-0.2, -0.15) is 0 Å². The largest absolute Gasteiger partial charge is 0.353 e. The predicted molar refractivity (Wildman–Crippen MR) is 131 cm³/mol. The van der Waals surface area contributed by atoms with Gasteiger partial charge in [-0.25, -0.2) is 0 Å². The first-order valence-electron chi connectivity index (χ1n) is 10.9. The number of carbonyl (C=O) groups excluding carboxylic acids is 1. The van der Waals surface area contributed by atoms with E-state index in [4.69, 9.17) is 11.6 Å². The molecule has 0 aromatic heterocycles. The molecule has 0 bridgehead atoms. The zero-order chi connectivity index (χ0) is 22.2. The molecule has 1 aliphatic rings. The molecule has 162 valence electrons. The summed E-state index contributed by atoms with van der Waals surface area (Å²) in [5.41, 5.74) is 4.86. The number of halogens is 1. The number of aryl methyl sites for hydroxylation is 1. The van der Waals surface area contributed by atoms with E-state index in [0.29, 0.717) is 17.4 Å². The third-order valence-electron chi connectivity index (χ3n) is 5.46. The number of benzene rings is 2. The summed E-state index contributed by atoms with van der Waals surface area (Å²) >= 11 is 6.01. The van der Waals surface area contributed by atoms with Crippen molar-refractivity contribution in [2.75, 3.05) is 13.2 Å². The molecule has 0 spiro atoms. The predicted octanol–water partition coefficient (Wildman–Crippen LogP) is 6.23. The molecule has 0 radical (unpaired) electrons. The first kappa shape index (κ1) is 22.8. The molecule has 1 heterocycles. The maximum absolute atomic E-state index is 13.0. The minimum absolute atomic E-state index is 0.0567. The molecular formula is C26H30ClN3O. The second kappa shape index (κ2) is 11.0. The smallest absolute Gasteiger partial charge is 0.254 e. The molecule has 5 heteroatoms. The van der Waals surface area contributed by atoms with Gasteiger partial charge in [-0.3, -0.25) is 14.7 Å². The Balaban J connectivity index is 1.93. The van der Waals surface area contributed by atoms with Crippen molar-refractivity contribution in [3.63, 3.8) is 0 Å². The van der Waals surface area contributed by atoms with Crippen molar-refractivity contribution in [2.24, 2.45) is 4.99 Å². The van der Waals surface area contributed by atoms with Crippen LogP contribution < -0.4 is 0 Å². The van der Waals surface area contributed by atoms with Gasteiger partial charge in [0.2, 0.25) is 0 Å². The van der Waals surface area contributed by atoms with Gasteiger partial charge >= 0.3 is 0 Å². The van der Waals surface area contributed by atoms with Crippen LogP contribution >= 0.6 is 11.6 Å². The van der Waals surface area contributed by atoms with Crippen LogP contribution in [0.15, 0.2) is 65.8 Å². The van der Waals surface area contributed by atoms with E-state index in [9.17, 15) is 4.79 Å².